The highest BCUT2D eigenvalue weighted by molar-refractivity contribution is 9.10. The Morgan fingerprint density at radius 3 is 1.54 bits per heavy atom. The number of pyridine rings is 4. The number of nitrogens with one attached hydrogen (secondary N) is 1. The maximum atomic E-state index is 13.2. The number of aryl methyl sites for hydroxylation is 2. The van der Waals surface area contributed by atoms with E-state index in [-0.39, 0.29) is 42.1 Å². The number of rotatable bonds is 14. The van der Waals surface area contributed by atoms with Crippen LogP contribution in [0.25, 0.3) is 22.5 Å². The summed E-state index contributed by atoms with van der Waals surface area (Å²) in [5.74, 6) is 1.58. The second-order valence-corrected chi connectivity index (χ2v) is 18.0. The SMILES string of the molecule is C.COC(=O)c1nc(-c2cncc(C)c2)cnc1N1CCOCC1.COC(=O)c1nc(Br)cnc1Cl.COc1ccc(CN)nc1OC.COc1ccc(CNC(=O)c2nc(-c3cncc(C)c3)cnc2N2CCOCC2)nc1OC. The third-order valence-electron chi connectivity index (χ3n) is 11.4. The van der Waals surface area contributed by atoms with Crippen molar-refractivity contribution < 1.29 is 52.3 Å². The highest BCUT2D eigenvalue weighted by Crippen LogP contribution is 2.27. The predicted molar refractivity (Wildman–Crippen MR) is 304 cm³/mol. The Bertz CT molecular complexity index is 3210. The lowest BCUT2D eigenvalue weighted by molar-refractivity contribution is 0.0584. The van der Waals surface area contributed by atoms with Crippen LogP contribution in [0.4, 0.5) is 11.6 Å². The molecule has 0 bridgehead atoms. The summed E-state index contributed by atoms with van der Waals surface area (Å²) in [5, 5.41) is 2.93. The third-order valence-corrected chi connectivity index (χ3v) is 12.0. The van der Waals surface area contributed by atoms with Gasteiger partial charge in [-0.1, -0.05) is 19.0 Å². The van der Waals surface area contributed by atoms with Gasteiger partial charge in [0, 0.05) is 68.6 Å². The molecule has 27 heteroatoms. The van der Waals surface area contributed by atoms with Crippen molar-refractivity contribution >= 4 is 57.0 Å². The van der Waals surface area contributed by atoms with Crippen molar-refractivity contribution in [1.82, 2.24) is 55.2 Å². The Balaban J connectivity index is 0.000000217. The van der Waals surface area contributed by atoms with E-state index >= 15 is 0 Å². The van der Waals surface area contributed by atoms with Crippen LogP contribution in [0.2, 0.25) is 5.15 Å². The average Bonchev–Trinajstić information content (AvgIpc) is 3.51. The fourth-order valence-electron chi connectivity index (χ4n) is 7.41. The van der Waals surface area contributed by atoms with Gasteiger partial charge in [0.1, 0.15) is 4.60 Å². The summed E-state index contributed by atoms with van der Waals surface area (Å²) in [4.78, 5) is 82.9. The van der Waals surface area contributed by atoms with Gasteiger partial charge in [-0.15, -0.1) is 0 Å². The Kier molecular flexibility index (Phi) is 25.2. The van der Waals surface area contributed by atoms with E-state index in [0.29, 0.717) is 116 Å². The molecule has 0 unspecified atom stereocenters. The van der Waals surface area contributed by atoms with Crippen LogP contribution in [0.5, 0.6) is 23.3 Å². The van der Waals surface area contributed by atoms with Gasteiger partial charge in [-0.2, -0.15) is 0 Å². The van der Waals surface area contributed by atoms with Gasteiger partial charge in [-0.3, -0.25) is 14.8 Å². The number of nitrogens with two attached hydrogens (primary N) is 1. The molecule has 0 spiro atoms. The van der Waals surface area contributed by atoms with Gasteiger partial charge in [-0.05, 0) is 77.3 Å². The summed E-state index contributed by atoms with van der Waals surface area (Å²) in [6, 6.07) is 11.0. The molecular formula is C54H64BrClN14O11. The van der Waals surface area contributed by atoms with E-state index in [1.54, 1.807) is 82.8 Å². The molecule has 7 aromatic rings. The summed E-state index contributed by atoms with van der Waals surface area (Å²) in [6.07, 6.45) is 11.7. The van der Waals surface area contributed by atoms with E-state index in [1.165, 1.54) is 27.5 Å². The number of ether oxygens (including phenoxy) is 8. The molecule has 7 aromatic heterocycles. The molecule has 0 saturated carbocycles. The Morgan fingerprint density at radius 2 is 1.07 bits per heavy atom. The van der Waals surface area contributed by atoms with E-state index < -0.39 is 11.9 Å². The number of morpholine rings is 2. The number of hydrogen-bond acceptors (Lipinski definition) is 24. The summed E-state index contributed by atoms with van der Waals surface area (Å²) in [7, 11) is 8.77. The Morgan fingerprint density at radius 1 is 0.605 bits per heavy atom. The minimum atomic E-state index is -0.603. The number of anilines is 2. The lowest BCUT2D eigenvalue weighted by Gasteiger charge is -2.28. The van der Waals surface area contributed by atoms with Crippen LogP contribution < -0.4 is 39.8 Å². The van der Waals surface area contributed by atoms with Crippen molar-refractivity contribution in [3.8, 4) is 45.8 Å². The van der Waals surface area contributed by atoms with Crippen LogP contribution >= 0.6 is 27.5 Å². The van der Waals surface area contributed by atoms with Crippen molar-refractivity contribution in [3.63, 3.8) is 0 Å². The minimum Gasteiger partial charge on any atom is -0.491 e. The summed E-state index contributed by atoms with van der Waals surface area (Å²) < 4.78 is 41.0. The average molecular weight is 1200 g/mol. The van der Waals surface area contributed by atoms with Crippen molar-refractivity contribution in [2.45, 2.75) is 34.4 Å². The standard InChI is InChI=1S/C23H26N6O4.C16H18N4O3.C8H12N2O2.C6H4BrClN2O2.CH4/c1-15-10-16(12-24-11-15)18-14-25-21(29-6-8-33-9-7-29)20(28-18)22(30)26-13-17-4-5-19(31-2)23(27-17)32-3;1-11-7-12(9-17-8-11)13-10-18-15(14(19-13)16(21)22-2)20-3-5-23-6-4-20;1-11-7-4-3-6(5-9)10-8(7)12-2;1-12-6(11)4-5(8)9-2-3(7)10-4;/h4-5,10-12,14H,6-9,13H2,1-3H3,(H,26,30);7-10H,3-6H2,1-2H3;3-4H,5,9H2,1-2H3;2H,1H3;1H4. The van der Waals surface area contributed by atoms with E-state index in [2.05, 4.69) is 75.8 Å². The van der Waals surface area contributed by atoms with Crippen LogP contribution in [-0.2, 0) is 32.0 Å². The smallest absolute Gasteiger partial charge is 0.360 e. The van der Waals surface area contributed by atoms with Gasteiger partial charge in [0.25, 0.3) is 17.7 Å². The number of carbonyl (C=O) groups excluding carboxylic acids is 3. The van der Waals surface area contributed by atoms with Gasteiger partial charge in [0.05, 0.1) is 117 Å². The molecule has 1 amide bonds. The van der Waals surface area contributed by atoms with Gasteiger partial charge in [0.15, 0.2) is 45.4 Å². The molecule has 0 atom stereocenters. The summed E-state index contributed by atoms with van der Waals surface area (Å²) >= 11 is 8.63. The third kappa shape index (κ3) is 17.8. The van der Waals surface area contributed by atoms with Gasteiger partial charge in [-0.25, -0.2) is 49.5 Å². The zero-order valence-electron chi connectivity index (χ0n) is 45.3. The van der Waals surface area contributed by atoms with Crippen LogP contribution in [0.3, 0.4) is 0 Å². The number of esters is 2. The van der Waals surface area contributed by atoms with Gasteiger partial charge >= 0.3 is 11.9 Å². The normalized spacial score (nSPS) is 12.5. The molecule has 430 valence electrons. The number of methoxy groups -OCH3 is 6. The van der Waals surface area contributed by atoms with Gasteiger partial charge < -0.3 is 58.7 Å². The Hall–Kier alpha value is -8.30. The van der Waals surface area contributed by atoms with E-state index in [0.717, 1.165) is 27.9 Å². The van der Waals surface area contributed by atoms with E-state index in [4.69, 9.17) is 50.5 Å². The zero-order chi connectivity index (χ0) is 57.6. The second-order valence-electron chi connectivity index (χ2n) is 16.8. The minimum absolute atomic E-state index is 0. The molecule has 3 N–H and O–H groups in total. The first kappa shape index (κ1) is 63.5. The number of amides is 1. The number of aromatic nitrogens is 10. The highest BCUT2D eigenvalue weighted by Gasteiger charge is 2.25. The number of nitrogens with zero attached hydrogens (tertiary/aromatic N) is 12. The van der Waals surface area contributed by atoms with Crippen LogP contribution in [0, 0.1) is 13.8 Å². The fraction of sp³-hybridized carbons (Fsp3) is 0.352. The molecule has 9 heterocycles. The molecule has 2 aliphatic heterocycles. The number of halogens is 2. The molecule has 2 saturated heterocycles. The molecule has 0 aromatic carbocycles. The van der Waals surface area contributed by atoms with E-state index in [1.807, 2.05) is 35.8 Å². The number of hydrogen-bond donors (Lipinski definition) is 2. The lowest BCUT2D eigenvalue weighted by Crippen LogP contribution is -2.39. The molecule has 2 aliphatic rings. The van der Waals surface area contributed by atoms with Crippen LogP contribution in [0.15, 0.2) is 84.4 Å². The van der Waals surface area contributed by atoms with Crippen LogP contribution in [0.1, 0.15) is 61.4 Å². The zero-order valence-corrected chi connectivity index (χ0v) is 47.6. The first-order valence-corrected chi connectivity index (χ1v) is 25.6. The molecular weight excluding hydrogens is 1140 g/mol. The van der Waals surface area contributed by atoms with E-state index in [9.17, 15) is 14.4 Å². The Labute approximate surface area is 482 Å². The number of carbonyl (C=O) groups is 3. The summed E-state index contributed by atoms with van der Waals surface area (Å²) in [5.41, 5.74) is 12.1. The fourth-order valence-corrected chi connectivity index (χ4v) is 7.86. The van der Waals surface area contributed by atoms with Crippen molar-refractivity contribution in [2.24, 2.45) is 5.73 Å². The quantitative estimate of drug-likeness (QED) is 0.112. The molecule has 2 fully saturated rings. The van der Waals surface area contributed by atoms with Crippen molar-refractivity contribution in [1.29, 1.82) is 0 Å². The maximum absolute atomic E-state index is 13.2. The van der Waals surface area contributed by atoms with Crippen molar-refractivity contribution in [2.75, 3.05) is 105 Å². The predicted octanol–water partition coefficient (Wildman–Crippen LogP) is 6.37. The maximum Gasteiger partial charge on any atom is 0.360 e. The van der Waals surface area contributed by atoms with Crippen molar-refractivity contribution in [3.05, 3.63) is 129 Å². The molecule has 81 heavy (non-hydrogen) atoms. The topological polar surface area (TPSA) is 298 Å². The monoisotopic (exact) mass is 1200 g/mol. The second kappa shape index (κ2) is 32.1. The lowest BCUT2D eigenvalue weighted by atomic mass is 10.1. The van der Waals surface area contributed by atoms with Crippen LogP contribution in [-0.4, -0.2) is 163 Å². The first-order valence-electron chi connectivity index (χ1n) is 24.5. The molecule has 9 rings (SSSR count). The molecule has 0 radical (unpaired) electrons. The highest BCUT2D eigenvalue weighted by atomic mass is 79.9. The largest absolute Gasteiger partial charge is 0.491 e. The summed E-state index contributed by atoms with van der Waals surface area (Å²) in [6.45, 7) is 9.47. The first-order chi connectivity index (χ1) is 38.7. The molecule has 0 aliphatic carbocycles. The molecule has 25 nitrogen and oxygen atoms in total. The van der Waals surface area contributed by atoms with Gasteiger partial charge in [0.2, 0.25) is 0 Å².